The molecule has 2 aromatic rings. The van der Waals surface area contributed by atoms with Crippen LogP contribution in [0.2, 0.25) is 0 Å². The van der Waals surface area contributed by atoms with Gasteiger partial charge in [0.1, 0.15) is 22.9 Å². The van der Waals surface area contributed by atoms with Crippen molar-refractivity contribution in [2.75, 3.05) is 12.3 Å². The molecule has 0 aliphatic rings. The summed E-state index contributed by atoms with van der Waals surface area (Å²) in [5.74, 6) is 0.482. The third-order valence-electron chi connectivity index (χ3n) is 2.32. The fourth-order valence-electron chi connectivity index (χ4n) is 1.47. The van der Waals surface area contributed by atoms with Crippen LogP contribution in [0.4, 0.5) is 5.82 Å². The molecule has 0 fully saturated rings. The summed E-state index contributed by atoms with van der Waals surface area (Å²) in [5.41, 5.74) is 6.43. The SMILES string of the molecule is CCOC(=O)c1cnc(-c2ccnc(C)n2)nc1N. The Hall–Kier alpha value is -2.57. The van der Waals surface area contributed by atoms with E-state index >= 15 is 0 Å². The molecule has 0 aliphatic carbocycles. The molecule has 2 N–H and O–H groups in total. The summed E-state index contributed by atoms with van der Waals surface area (Å²) in [5, 5.41) is 0. The van der Waals surface area contributed by atoms with Crippen molar-refractivity contribution in [2.24, 2.45) is 0 Å². The summed E-state index contributed by atoms with van der Waals surface area (Å²) in [6.45, 7) is 3.75. The zero-order valence-corrected chi connectivity index (χ0v) is 10.6. The van der Waals surface area contributed by atoms with Gasteiger partial charge in [-0.05, 0) is 19.9 Å². The molecule has 0 spiro atoms. The van der Waals surface area contributed by atoms with Gasteiger partial charge in [-0.25, -0.2) is 24.7 Å². The Balaban J connectivity index is 2.36. The topological polar surface area (TPSA) is 104 Å². The smallest absolute Gasteiger partial charge is 0.343 e. The molecule has 0 unspecified atom stereocenters. The van der Waals surface area contributed by atoms with Gasteiger partial charge in [-0.2, -0.15) is 0 Å². The van der Waals surface area contributed by atoms with Gasteiger partial charge in [0.25, 0.3) is 0 Å². The molecular formula is C12H13N5O2. The third-order valence-corrected chi connectivity index (χ3v) is 2.32. The maximum absolute atomic E-state index is 11.6. The van der Waals surface area contributed by atoms with E-state index in [-0.39, 0.29) is 18.0 Å². The molecule has 0 bridgehead atoms. The summed E-state index contributed by atoms with van der Waals surface area (Å²) < 4.78 is 4.85. The normalized spacial score (nSPS) is 10.2. The fraction of sp³-hybridized carbons (Fsp3) is 0.250. The van der Waals surface area contributed by atoms with Crippen molar-refractivity contribution in [1.82, 2.24) is 19.9 Å². The van der Waals surface area contributed by atoms with Gasteiger partial charge in [0, 0.05) is 12.4 Å². The zero-order chi connectivity index (χ0) is 13.8. The van der Waals surface area contributed by atoms with E-state index < -0.39 is 5.97 Å². The van der Waals surface area contributed by atoms with E-state index in [4.69, 9.17) is 10.5 Å². The van der Waals surface area contributed by atoms with Crippen molar-refractivity contribution >= 4 is 11.8 Å². The lowest BCUT2D eigenvalue weighted by Crippen LogP contribution is -2.11. The number of esters is 1. The Labute approximate surface area is 109 Å². The molecule has 0 amide bonds. The number of ether oxygens (including phenoxy) is 1. The van der Waals surface area contributed by atoms with Gasteiger partial charge in [0.2, 0.25) is 0 Å². The Kier molecular flexibility index (Phi) is 3.65. The minimum atomic E-state index is -0.537. The number of aromatic nitrogens is 4. The molecule has 19 heavy (non-hydrogen) atoms. The molecule has 0 saturated carbocycles. The highest BCUT2D eigenvalue weighted by Crippen LogP contribution is 2.16. The van der Waals surface area contributed by atoms with Gasteiger partial charge in [0.15, 0.2) is 5.82 Å². The highest BCUT2D eigenvalue weighted by atomic mass is 16.5. The summed E-state index contributed by atoms with van der Waals surface area (Å²) in [6, 6.07) is 1.67. The van der Waals surface area contributed by atoms with Crippen LogP contribution in [-0.4, -0.2) is 32.5 Å². The molecule has 7 nitrogen and oxygen atoms in total. The summed E-state index contributed by atoms with van der Waals surface area (Å²) >= 11 is 0. The van der Waals surface area contributed by atoms with E-state index in [2.05, 4.69) is 19.9 Å². The highest BCUT2D eigenvalue weighted by Gasteiger charge is 2.14. The van der Waals surface area contributed by atoms with Crippen molar-refractivity contribution in [2.45, 2.75) is 13.8 Å². The lowest BCUT2D eigenvalue weighted by atomic mass is 10.3. The van der Waals surface area contributed by atoms with Crippen LogP contribution in [0.3, 0.4) is 0 Å². The minimum absolute atomic E-state index is 0.0692. The Morgan fingerprint density at radius 2 is 2.16 bits per heavy atom. The monoisotopic (exact) mass is 259 g/mol. The maximum Gasteiger partial charge on any atom is 0.343 e. The number of hydrogen-bond acceptors (Lipinski definition) is 7. The Morgan fingerprint density at radius 3 is 2.79 bits per heavy atom. The lowest BCUT2D eigenvalue weighted by Gasteiger charge is -2.06. The lowest BCUT2D eigenvalue weighted by molar-refractivity contribution is 0.0527. The molecule has 2 heterocycles. The number of nitrogens with zero attached hydrogens (tertiary/aromatic N) is 4. The number of rotatable bonds is 3. The first-order chi connectivity index (χ1) is 9.11. The number of nitrogen functional groups attached to an aromatic ring is 1. The molecule has 0 saturated heterocycles. The molecule has 2 aromatic heterocycles. The van der Waals surface area contributed by atoms with E-state index in [0.29, 0.717) is 17.3 Å². The van der Waals surface area contributed by atoms with Crippen LogP contribution >= 0.6 is 0 Å². The van der Waals surface area contributed by atoms with E-state index in [0.717, 1.165) is 0 Å². The van der Waals surface area contributed by atoms with Crippen LogP contribution in [-0.2, 0) is 4.74 Å². The minimum Gasteiger partial charge on any atom is -0.462 e. The van der Waals surface area contributed by atoms with Crippen molar-refractivity contribution < 1.29 is 9.53 Å². The average molecular weight is 259 g/mol. The van der Waals surface area contributed by atoms with Crippen LogP contribution in [0.15, 0.2) is 18.5 Å². The van der Waals surface area contributed by atoms with Crippen molar-refractivity contribution in [3.63, 3.8) is 0 Å². The zero-order valence-electron chi connectivity index (χ0n) is 10.6. The van der Waals surface area contributed by atoms with E-state index in [1.165, 1.54) is 6.20 Å². The quantitative estimate of drug-likeness (QED) is 0.820. The summed E-state index contributed by atoms with van der Waals surface area (Å²) in [7, 11) is 0. The fourth-order valence-corrected chi connectivity index (χ4v) is 1.47. The summed E-state index contributed by atoms with van der Waals surface area (Å²) in [6.07, 6.45) is 2.95. The van der Waals surface area contributed by atoms with Crippen molar-refractivity contribution in [3.8, 4) is 11.5 Å². The van der Waals surface area contributed by atoms with Crippen molar-refractivity contribution in [3.05, 3.63) is 29.8 Å². The molecular weight excluding hydrogens is 246 g/mol. The van der Waals surface area contributed by atoms with E-state index in [9.17, 15) is 4.79 Å². The summed E-state index contributed by atoms with van der Waals surface area (Å²) in [4.78, 5) is 27.9. The predicted octanol–water partition coefficient (Wildman–Crippen LogP) is 1.00. The van der Waals surface area contributed by atoms with Crippen LogP contribution in [0.5, 0.6) is 0 Å². The highest BCUT2D eigenvalue weighted by molar-refractivity contribution is 5.93. The van der Waals surface area contributed by atoms with Crippen LogP contribution in [0, 0.1) is 6.92 Å². The van der Waals surface area contributed by atoms with Gasteiger partial charge in [0.05, 0.1) is 6.61 Å². The number of anilines is 1. The molecule has 7 heteroatoms. The predicted molar refractivity (Wildman–Crippen MR) is 68.2 cm³/mol. The first-order valence-corrected chi connectivity index (χ1v) is 5.71. The average Bonchev–Trinajstić information content (AvgIpc) is 2.38. The maximum atomic E-state index is 11.6. The van der Waals surface area contributed by atoms with Gasteiger partial charge in [-0.3, -0.25) is 0 Å². The van der Waals surface area contributed by atoms with Crippen molar-refractivity contribution in [1.29, 1.82) is 0 Å². The first kappa shape index (κ1) is 12.9. The number of nitrogens with two attached hydrogens (primary N) is 1. The van der Waals surface area contributed by atoms with Crippen LogP contribution < -0.4 is 5.73 Å². The molecule has 0 aliphatic heterocycles. The largest absolute Gasteiger partial charge is 0.462 e. The van der Waals surface area contributed by atoms with Crippen LogP contribution in [0.1, 0.15) is 23.1 Å². The van der Waals surface area contributed by atoms with Crippen LogP contribution in [0.25, 0.3) is 11.5 Å². The number of carbonyl (C=O) groups excluding carboxylic acids is 1. The molecule has 0 radical (unpaired) electrons. The van der Waals surface area contributed by atoms with Gasteiger partial charge < -0.3 is 10.5 Å². The second kappa shape index (κ2) is 5.38. The van der Waals surface area contributed by atoms with Gasteiger partial charge >= 0.3 is 5.97 Å². The van der Waals surface area contributed by atoms with E-state index in [1.54, 1.807) is 26.1 Å². The van der Waals surface area contributed by atoms with Gasteiger partial charge in [-0.15, -0.1) is 0 Å². The van der Waals surface area contributed by atoms with E-state index in [1.807, 2.05) is 0 Å². The standard InChI is InChI=1S/C12H13N5O2/c1-3-19-12(18)8-6-15-11(17-10(8)13)9-4-5-14-7(2)16-9/h4-6H,3H2,1-2H3,(H2,13,15,17). The number of hydrogen-bond donors (Lipinski definition) is 1. The Bertz CT molecular complexity index is 615. The van der Waals surface area contributed by atoms with Gasteiger partial charge in [-0.1, -0.05) is 0 Å². The number of carbonyl (C=O) groups is 1. The molecule has 0 aromatic carbocycles. The first-order valence-electron chi connectivity index (χ1n) is 5.71. The molecule has 98 valence electrons. The third kappa shape index (κ3) is 2.82. The second-order valence-electron chi connectivity index (χ2n) is 3.70. The second-order valence-corrected chi connectivity index (χ2v) is 3.70. The number of aryl methyl sites for hydroxylation is 1. The Morgan fingerprint density at radius 1 is 1.37 bits per heavy atom. The molecule has 2 rings (SSSR count). The molecule has 0 atom stereocenters.